The van der Waals surface area contributed by atoms with Crippen molar-refractivity contribution in [2.24, 2.45) is 5.92 Å². The number of hydrogen-bond donors (Lipinski definition) is 1. The first-order valence-electron chi connectivity index (χ1n) is 5.50. The normalized spacial score (nSPS) is 27.1. The maximum Gasteiger partial charge on any atom is 0.151 e. The molecule has 1 aliphatic rings. The second-order valence-corrected chi connectivity index (χ2v) is 6.89. The molecule has 15 heavy (non-hydrogen) atoms. The van der Waals surface area contributed by atoms with E-state index in [0.717, 1.165) is 19.5 Å². The summed E-state index contributed by atoms with van der Waals surface area (Å²) in [5.41, 5.74) is 0. The Kier molecular flexibility index (Phi) is 4.55. The van der Waals surface area contributed by atoms with Gasteiger partial charge in [-0.3, -0.25) is 0 Å². The Hall–Kier alpha value is -0.130. The van der Waals surface area contributed by atoms with E-state index >= 15 is 0 Å². The van der Waals surface area contributed by atoms with Gasteiger partial charge in [-0.05, 0) is 33.0 Å². The summed E-state index contributed by atoms with van der Waals surface area (Å²) in [5.74, 6) is 1.27. The first kappa shape index (κ1) is 12.9. The highest BCUT2D eigenvalue weighted by atomic mass is 32.2. The molecule has 5 heteroatoms. The van der Waals surface area contributed by atoms with Gasteiger partial charge in [0, 0.05) is 12.6 Å². The predicted octanol–water partition coefficient (Wildman–Crippen LogP) is -0.0392. The molecule has 0 bridgehead atoms. The zero-order valence-corrected chi connectivity index (χ0v) is 10.7. The Bertz CT molecular complexity index is 290. The van der Waals surface area contributed by atoms with Gasteiger partial charge >= 0.3 is 0 Å². The maximum absolute atomic E-state index is 11.3. The van der Waals surface area contributed by atoms with Crippen molar-refractivity contribution in [2.75, 3.05) is 38.7 Å². The standard InChI is InChI=1S/C10H22N2O2S/c1-9(6-11-2)7-12(3)10-4-5-15(13,14)8-10/h9-11H,4-8H2,1-3H3. The minimum Gasteiger partial charge on any atom is -0.319 e. The number of hydrogen-bond acceptors (Lipinski definition) is 4. The molecule has 0 aliphatic carbocycles. The lowest BCUT2D eigenvalue weighted by atomic mass is 10.1. The summed E-state index contributed by atoms with van der Waals surface area (Å²) in [7, 11) is 1.22. The summed E-state index contributed by atoms with van der Waals surface area (Å²) in [4.78, 5) is 2.19. The number of sulfone groups is 1. The Morgan fingerprint density at radius 3 is 2.67 bits per heavy atom. The minimum atomic E-state index is -2.75. The second-order valence-electron chi connectivity index (χ2n) is 4.66. The molecule has 1 heterocycles. The van der Waals surface area contributed by atoms with Gasteiger partial charge < -0.3 is 10.2 Å². The second kappa shape index (κ2) is 5.27. The molecule has 2 atom stereocenters. The van der Waals surface area contributed by atoms with Crippen LogP contribution in [0.3, 0.4) is 0 Å². The number of rotatable bonds is 5. The lowest BCUT2D eigenvalue weighted by Crippen LogP contribution is -2.37. The zero-order chi connectivity index (χ0) is 11.5. The van der Waals surface area contributed by atoms with Crippen LogP contribution in [0.25, 0.3) is 0 Å². The van der Waals surface area contributed by atoms with Crippen LogP contribution in [0.4, 0.5) is 0 Å². The minimum absolute atomic E-state index is 0.231. The number of nitrogens with one attached hydrogen (secondary N) is 1. The largest absolute Gasteiger partial charge is 0.319 e. The molecule has 0 aromatic carbocycles. The first-order chi connectivity index (χ1) is 6.94. The summed E-state index contributed by atoms with van der Waals surface area (Å²) < 4.78 is 22.6. The van der Waals surface area contributed by atoms with Crippen molar-refractivity contribution in [1.82, 2.24) is 10.2 Å². The van der Waals surface area contributed by atoms with E-state index in [2.05, 4.69) is 17.1 Å². The van der Waals surface area contributed by atoms with Gasteiger partial charge in [0.25, 0.3) is 0 Å². The molecule has 0 spiro atoms. The molecule has 4 nitrogen and oxygen atoms in total. The lowest BCUT2D eigenvalue weighted by molar-refractivity contribution is 0.226. The molecule has 1 fully saturated rings. The van der Waals surface area contributed by atoms with Crippen molar-refractivity contribution in [3.8, 4) is 0 Å². The summed E-state index contributed by atoms with van der Waals surface area (Å²) >= 11 is 0. The van der Waals surface area contributed by atoms with Crippen LogP contribution in [-0.4, -0.2) is 58.1 Å². The third-order valence-electron chi connectivity index (χ3n) is 2.98. The predicted molar refractivity (Wildman–Crippen MR) is 62.8 cm³/mol. The van der Waals surface area contributed by atoms with Crippen LogP contribution in [0.2, 0.25) is 0 Å². The van der Waals surface area contributed by atoms with Crippen molar-refractivity contribution in [2.45, 2.75) is 19.4 Å². The van der Waals surface area contributed by atoms with Gasteiger partial charge in [0.15, 0.2) is 9.84 Å². The van der Waals surface area contributed by atoms with Gasteiger partial charge in [-0.15, -0.1) is 0 Å². The topological polar surface area (TPSA) is 49.4 Å². The van der Waals surface area contributed by atoms with E-state index in [1.165, 1.54) is 0 Å². The molecule has 90 valence electrons. The first-order valence-corrected chi connectivity index (χ1v) is 7.32. The van der Waals surface area contributed by atoms with Crippen molar-refractivity contribution < 1.29 is 8.42 Å². The van der Waals surface area contributed by atoms with E-state index < -0.39 is 9.84 Å². The molecule has 2 unspecified atom stereocenters. The van der Waals surface area contributed by atoms with E-state index in [1.54, 1.807) is 0 Å². The molecule has 1 aliphatic heterocycles. The Balaban J connectivity index is 2.38. The van der Waals surface area contributed by atoms with E-state index in [4.69, 9.17) is 0 Å². The van der Waals surface area contributed by atoms with E-state index in [9.17, 15) is 8.42 Å². The van der Waals surface area contributed by atoms with Gasteiger partial charge in [-0.2, -0.15) is 0 Å². The average Bonchev–Trinajstić information content (AvgIpc) is 2.46. The summed E-state index contributed by atoms with van der Waals surface area (Å²) in [5, 5.41) is 3.13. The quantitative estimate of drug-likeness (QED) is 0.725. The van der Waals surface area contributed by atoms with E-state index in [1.807, 2.05) is 14.1 Å². The average molecular weight is 234 g/mol. The van der Waals surface area contributed by atoms with E-state index in [-0.39, 0.29) is 6.04 Å². The van der Waals surface area contributed by atoms with Crippen LogP contribution in [0.1, 0.15) is 13.3 Å². The Labute approximate surface area is 93.0 Å². The van der Waals surface area contributed by atoms with E-state index in [0.29, 0.717) is 17.4 Å². The van der Waals surface area contributed by atoms with Gasteiger partial charge in [-0.1, -0.05) is 6.92 Å². The van der Waals surface area contributed by atoms with Crippen LogP contribution < -0.4 is 5.32 Å². The molecule has 0 aromatic rings. The van der Waals surface area contributed by atoms with Gasteiger partial charge in [-0.25, -0.2) is 8.42 Å². The van der Waals surface area contributed by atoms with Gasteiger partial charge in [0.05, 0.1) is 11.5 Å². The summed E-state index contributed by atoms with van der Waals surface area (Å²) in [6.07, 6.45) is 0.797. The molecule has 0 amide bonds. The molecule has 0 aromatic heterocycles. The third-order valence-corrected chi connectivity index (χ3v) is 4.73. The van der Waals surface area contributed by atoms with Crippen LogP contribution in [-0.2, 0) is 9.84 Å². The van der Waals surface area contributed by atoms with Crippen LogP contribution in [0, 0.1) is 5.92 Å². The van der Waals surface area contributed by atoms with Gasteiger partial charge in [0.1, 0.15) is 0 Å². The van der Waals surface area contributed by atoms with Gasteiger partial charge in [0.2, 0.25) is 0 Å². The van der Waals surface area contributed by atoms with Crippen LogP contribution in [0.5, 0.6) is 0 Å². The number of nitrogens with zero attached hydrogens (tertiary/aromatic N) is 1. The summed E-state index contributed by atoms with van der Waals surface area (Å²) in [6.45, 7) is 4.11. The zero-order valence-electron chi connectivity index (χ0n) is 9.86. The molecular weight excluding hydrogens is 212 g/mol. The molecule has 1 saturated heterocycles. The summed E-state index contributed by atoms with van der Waals surface area (Å²) in [6, 6.07) is 0.231. The lowest BCUT2D eigenvalue weighted by Gasteiger charge is -2.26. The van der Waals surface area contributed by atoms with Crippen molar-refractivity contribution in [3.05, 3.63) is 0 Å². The van der Waals surface area contributed by atoms with Crippen molar-refractivity contribution in [1.29, 1.82) is 0 Å². The highest BCUT2D eigenvalue weighted by Gasteiger charge is 2.30. The molecule has 1 N–H and O–H groups in total. The third kappa shape index (κ3) is 4.09. The van der Waals surface area contributed by atoms with Crippen molar-refractivity contribution >= 4 is 9.84 Å². The Morgan fingerprint density at radius 1 is 1.53 bits per heavy atom. The maximum atomic E-state index is 11.3. The smallest absolute Gasteiger partial charge is 0.151 e. The Morgan fingerprint density at radius 2 is 2.20 bits per heavy atom. The van der Waals surface area contributed by atoms with Crippen LogP contribution >= 0.6 is 0 Å². The van der Waals surface area contributed by atoms with Crippen LogP contribution in [0.15, 0.2) is 0 Å². The molecular formula is C10H22N2O2S. The fourth-order valence-electron chi connectivity index (χ4n) is 2.18. The molecule has 1 rings (SSSR count). The highest BCUT2D eigenvalue weighted by Crippen LogP contribution is 2.17. The fraction of sp³-hybridized carbons (Fsp3) is 1.00. The fourth-order valence-corrected chi connectivity index (χ4v) is 3.98. The monoisotopic (exact) mass is 234 g/mol. The molecule has 0 saturated carbocycles. The molecule has 0 radical (unpaired) electrons. The van der Waals surface area contributed by atoms with Crippen molar-refractivity contribution in [3.63, 3.8) is 0 Å². The highest BCUT2D eigenvalue weighted by molar-refractivity contribution is 7.91. The SMILES string of the molecule is CNCC(C)CN(C)C1CCS(=O)(=O)C1.